The quantitative estimate of drug-likeness (QED) is 0.859. The molecule has 7 heteroatoms. The predicted molar refractivity (Wildman–Crippen MR) is 94.6 cm³/mol. The fourth-order valence-electron chi connectivity index (χ4n) is 3.39. The van der Waals surface area contributed by atoms with E-state index in [1.165, 1.54) is 37.7 Å². The van der Waals surface area contributed by atoms with Gasteiger partial charge in [-0.15, -0.1) is 11.3 Å². The molecule has 1 atom stereocenters. The van der Waals surface area contributed by atoms with Crippen LogP contribution in [-0.4, -0.2) is 41.0 Å². The van der Waals surface area contributed by atoms with Crippen molar-refractivity contribution >= 4 is 27.5 Å². The second-order valence-electron chi connectivity index (χ2n) is 6.39. The number of piperidine rings is 1. The maximum Gasteiger partial charge on any atom is 0.348 e. The molecule has 0 unspecified atom stereocenters. The van der Waals surface area contributed by atoms with Crippen LogP contribution in [0.4, 0.5) is 0 Å². The number of hydrogen-bond donors (Lipinski definition) is 1. The van der Waals surface area contributed by atoms with E-state index < -0.39 is 5.97 Å². The molecule has 0 aromatic carbocycles. The van der Waals surface area contributed by atoms with Gasteiger partial charge in [0.25, 0.3) is 5.56 Å². The fraction of sp³-hybridized carbons (Fsp3) is 0.588. The maximum absolute atomic E-state index is 12.4. The third-order valence-electron chi connectivity index (χ3n) is 4.77. The van der Waals surface area contributed by atoms with Crippen LogP contribution in [0.15, 0.2) is 4.79 Å². The lowest BCUT2D eigenvalue weighted by Crippen LogP contribution is -2.35. The number of nitrogens with one attached hydrogen (secondary N) is 1. The largest absolute Gasteiger partial charge is 0.465 e. The number of aryl methyl sites for hydroxylation is 1. The Morgan fingerprint density at radius 3 is 3.00 bits per heavy atom. The Labute approximate surface area is 144 Å². The van der Waals surface area contributed by atoms with Crippen LogP contribution in [0, 0.1) is 12.8 Å². The van der Waals surface area contributed by atoms with Gasteiger partial charge in [-0.3, -0.25) is 9.69 Å². The standard InChI is InChI=1S/C17H23N3O3S/c1-4-11-6-5-7-20(8-11)9-12-18-15(21)13-10(2)14(17(22)23-3)24-16(13)19-12/h11H,4-9H2,1-3H3,(H,18,19,21)/t11-/m0/s1. The number of aromatic nitrogens is 2. The first-order chi connectivity index (χ1) is 11.5. The summed E-state index contributed by atoms with van der Waals surface area (Å²) in [4.78, 5) is 35.2. The van der Waals surface area contributed by atoms with Gasteiger partial charge in [0.05, 0.1) is 19.0 Å². The molecule has 130 valence electrons. The summed E-state index contributed by atoms with van der Waals surface area (Å²) in [7, 11) is 1.34. The van der Waals surface area contributed by atoms with E-state index in [9.17, 15) is 9.59 Å². The summed E-state index contributed by atoms with van der Waals surface area (Å²) in [6.07, 6.45) is 3.66. The zero-order chi connectivity index (χ0) is 17.3. The van der Waals surface area contributed by atoms with Crippen LogP contribution < -0.4 is 5.56 Å². The zero-order valence-corrected chi connectivity index (χ0v) is 15.2. The number of methoxy groups -OCH3 is 1. The first kappa shape index (κ1) is 17.1. The van der Waals surface area contributed by atoms with Gasteiger partial charge < -0.3 is 9.72 Å². The molecule has 1 aliphatic rings. The number of carbonyl (C=O) groups is 1. The molecule has 1 saturated heterocycles. The molecule has 3 rings (SSSR count). The predicted octanol–water partition coefficient (Wildman–Crippen LogP) is 2.70. The normalized spacial score (nSPS) is 18.9. The number of nitrogens with zero attached hydrogens (tertiary/aromatic N) is 2. The Bertz CT molecular complexity index is 811. The van der Waals surface area contributed by atoms with Crippen molar-refractivity contribution in [3.8, 4) is 0 Å². The first-order valence-electron chi connectivity index (χ1n) is 8.36. The lowest BCUT2D eigenvalue weighted by Gasteiger charge is -2.31. The third-order valence-corrected chi connectivity index (χ3v) is 5.94. The minimum absolute atomic E-state index is 0.178. The van der Waals surface area contributed by atoms with Crippen molar-refractivity contribution in [2.45, 2.75) is 39.7 Å². The molecule has 0 spiro atoms. The molecule has 0 amide bonds. The molecule has 1 fully saturated rings. The van der Waals surface area contributed by atoms with Gasteiger partial charge in [-0.2, -0.15) is 0 Å². The van der Waals surface area contributed by atoms with Crippen LogP contribution in [-0.2, 0) is 11.3 Å². The Kier molecular flexibility index (Phi) is 5.01. The Morgan fingerprint density at radius 2 is 2.29 bits per heavy atom. The van der Waals surface area contributed by atoms with Crippen molar-refractivity contribution in [2.24, 2.45) is 5.92 Å². The van der Waals surface area contributed by atoms with Crippen LogP contribution in [0.5, 0.6) is 0 Å². The highest BCUT2D eigenvalue weighted by Crippen LogP contribution is 2.28. The van der Waals surface area contributed by atoms with Gasteiger partial charge in [0.2, 0.25) is 0 Å². The van der Waals surface area contributed by atoms with Gasteiger partial charge in [0, 0.05) is 6.54 Å². The number of rotatable bonds is 4. The molecule has 0 saturated carbocycles. The van der Waals surface area contributed by atoms with Gasteiger partial charge in [-0.05, 0) is 37.8 Å². The van der Waals surface area contributed by atoms with E-state index in [2.05, 4.69) is 21.8 Å². The molecule has 0 aliphatic carbocycles. The third kappa shape index (κ3) is 3.23. The molecule has 6 nitrogen and oxygen atoms in total. The number of thiophene rings is 1. The van der Waals surface area contributed by atoms with Crippen LogP contribution >= 0.6 is 11.3 Å². The summed E-state index contributed by atoms with van der Waals surface area (Å²) in [5.41, 5.74) is 0.467. The fourth-order valence-corrected chi connectivity index (χ4v) is 4.51. The molecule has 0 radical (unpaired) electrons. The molecular weight excluding hydrogens is 326 g/mol. The molecule has 3 heterocycles. The second-order valence-corrected chi connectivity index (χ2v) is 7.39. The highest BCUT2D eigenvalue weighted by atomic mass is 32.1. The van der Waals surface area contributed by atoms with E-state index in [1.807, 2.05) is 0 Å². The van der Waals surface area contributed by atoms with Gasteiger partial charge in [0.15, 0.2) is 0 Å². The lowest BCUT2D eigenvalue weighted by atomic mass is 9.96. The van der Waals surface area contributed by atoms with E-state index in [1.54, 1.807) is 6.92 Å². The Hall–Kier alpha value is -1.73. The van der Waals surface area contributed by atoms with Gasteiger partial charge >= 0.3 is 5.97 Å². The maximum atomic E-state index is 12.4. The van der Waals surface area contributed by atoms with Crippen molar-refractivity contribution < 1.29 is 9.53 Å². The number of fused-ring (bicyclic) bond motifs is 1. The van der Waals surface area contributed by atoms with Crippen LogP contribution in [0.25, 0.3) is 10.2 Å². The summed E-state index contributed by atoms with van der Waals surface area (Å²) in [5, 5.41) is 0.495. The smallest absolute Gasteiger partial charge is 0.348 e. The van der Waals surface area contributed by atoms with E-state index >= 15 is 0 Å². The van der Waals surface area contributed by atoms with Gasteiger partial charge in [0.1, 0.15) is 15.5 Å². The first-order valence-corrected chi connectivity index (χ1v) is 9.18. The van der Waals surface area contributed by atoms with E-state index in [0.29, 0.717) is 33.0 Å². The summed E-state index contributed by atoms with van der Waals surface area (Å²) >= 11 is 1.23. The average molecular weight is 349 g/mol. The van der Waals surface area contributed by atoms with Crippen LogP contribution in [0.1, 0.15) is 47.2 Å². The minimum atomic E-state index is -0.418. The van der Waals surface area contributed by atoms with Crippen molar-refractivity contribution in [3.63, 3.8) is 0 Å². The number of H-pyrrole nitrogens is 1. The van der Waals surface area contributed by atoms with Gasteiger partial charge in [-0.25, -0.2) is 9.78 Å². The Balaban J connectivity index is 1.90. The Morgan fingerprint density at radius 1 is 1.50 bits per heavy atom. The number of likely N-dealkylation sites (tertiary alicyclic amines) is 1. The number of carbonyl (C=O) groups excluding carboxylic acids is 1. The number of esters is 1. The average Bonchev–Trinajstić information content (AvgIpc) is 2.91. The molecule has 24 heavy (non-hydrogen) atoms. The van der Waals surface area contributed by atoms with Crippen LogP contribution in [0.3, 0.4) is 0 Å². The number of aromatic amines is 1. The molecule has 0 bridgehead atoms. The molecule has 1 aliphatic heterocycles. The monoisotopic (exact) mass is 349 g/mol. The summed E-state index contributed by atoms with van der Waals surface area (Å²) in [6, 6.07) is 0. The SMILES string of the molecule is CC[C@H]1CCCN(Cc2nc3sc(C(=O)OC)c(C)c3c(=O)[nH]2)C1. The minimum Gasteiger partial charge on any atom is -0.465 e. The topological polar surface area (TPSA) is 75.3 Å². The van der Waals surface area contributed by atoms with Gasteiger partial charge in [-0.1, -0.05) is 13.3 Å². The molecule has 2 aromatic heterocycles. The molecule has 2 aromatic rings. The van der Waals surface area contributed by atoms with E-state index in [4.69, 9.17) is 4.74 Å². The number of ether oxygens (including phenoxy) is 1. The summed E-state index contributed by atoms with van der Waals surface area (Å²) in [5.74, 6) is 0.976. The van der Waals surface area contributed by atoms with Crippen molar-refractivity contribution in [2.75, 3.05) is 20.2 Å². The van der Waals surface area contributed by atoms with Crippen molar-refractivity contribution in [1.29, 1.82) is 0 Å². The summed E-state index contributed by atoms with van der Waals surface area (Å²) < 4.78 is 4.79. The van der Waals surface area contributed by atoms with Crippen molar-refractivity contribution in [1.82, 2.24) is 14.9 Å². The van der Waals surface area contributed by atoms with E-state index in [-0.39, 0.29) is 5.56 Å². The van der Waals surface area contributed by atoms with Crippen LogP contribution in [0.2, 0.25) is 0 Å². The molecule has 1 N–H and O–H groups in total. The number of hydrogen-bond acceptors (Lipinski definition) is 6. The zero-order valence-electron chi connectivity index (χ0n) is 14.3. The summed E-state index contributed by atoms with van der Waals surface area (Å²) in [6.45, 7) is 6.72. The highest BCUT2D eigenvalue weighted by molar-refractivity contribution is 7.20. The highest BCUT2D eigenvalue weighted by Gasteiger charge is 2.22. The second kappa shape index (κ2) is 7.03. The molecular formula is C17H23N3O3S. The van der Waals surface area contributed by atoms with E-state index in [0.717, 1.165) is 19.0 Å². The van der Waals surface area contributed by atoms with Crippen molar-refractivity contribution in [3.05, 3.63) is 26.6 Å². The lowest BCUT2D eigenvalue weighted by molar-refractivity contribution is 0.0605.